The summed E-state index contributed by atoms with van der Waals surface area (Å²) in [5.74, 6) is 0.515. The third-order valence-corrected chi connectivity index (χ3v) is 4.24. The van der Waals surface area contributed by atoms with Gasteiger partial charge in [0.25, 0.3) is 0 Å². The van der Waals surface area contributed by atoms with Crippen LogP contribution in [0.3, 0.4) is 0 Å². The van der Waals surface area contributed by atoms with E-state index in [-0.39, 0.29) is 5.82 Å². The quantitative estimate of drug-likeness (QED) is 0.919. The summed E-state index contributed by atoms with van der Waals surface area (Å²) in [6, 6.07) is 6.54. The van der Waals surface area contributed by atoms with Gasteiger partial charge in [0.1, 0.15) is 10.8 Å². The van der Waals surface area contributed by atoms with Gasteiger partial charge in [0.15, 0.2) is 0 Å². The monoisotopic (exact) mass is 262 g/mol. The van der Waals surface area contributed by atoms with Crippen LogP contribution in [0.1, 0.15) is 12.1 Å². The average molecular weight is 262 g/mol. The van der Waals surface area contributed by atoms with E-state index in [4.69, 9.17) is 0 Å². The minimum atomic E-state index is -0.201. The molecule has 1 aliphatic rings. The predicted molar refractivity (Wildman–Crippen MR) is 72.2 cm³/mol. The fourth-order valence-corrected chi connectivity index (χ4v) is 3.15. The van der Waals surface area contributed by atoms with Crippen LogP contribution in [0, 0.1) is 11.7 Å². The molecule has 2 nitrogen and oxygen atoms in total. The van der Waals surface area contributed by atoms with E-state index in [0.717, 1.165) is 35.8 Å². The first kappa shape index (κ1) is 11.8. The second-order valence-corrected chi connectivity index (χ2v) is 5.57. The van der Waals surface area contributed by atoms with Crippen LogP contribution in [0.4, 0.5) is 4.39 Å². The Morgan fingerprint density at radius 3 is 2.89 bits per heavy atom. The maximum atomic E-state index is 12.9. The summed E-state index contributed by atoms with van der Waals surface area (Å²) in [6.07, 6.45) is 2.29. The zero-order valence-electron chi connectivity index (χ0n) is 10.0. The van der Waals surface area contributed by atoms with Gasteiger partial charge in [0, 0.05) is 10.9 Å². The van der Waals surface area contributed by atoms with Gasteiger partial charge in [-0.2, -0.15) is 0 Å². The molecule has 0 bridgehead atoms. The maximum Gasteiger partial charge on any atom is 0.123 e. The Balaban J connectivity index is 1.74. The van der Waals surface area contributed by atoms with Crippen LogP contribution in [0.25, 0.3) is 10.6 Å². The summed E-state index contributed by atoms with van der Waals surface area (Å²) >= 11 is 1.64. The van der Waals surface area contributed by atoms with Crippen LogP contribution in [0.5, 0.6) is 0 Å². The molecule has 18 heavy (non-hydrogen) atoms. The van der Waals surface area contributed by atoms with Gasteiger partial charge in [-0.25, -0.2) is 9.37 Å². The summed E-state index contributed by atoms with van der Waals surface area (Å²) in [5.41, 5.74) is 2.16. The third-order valence-electron chi connectivity index (χ3n) is 3.30. The lowest BCUT2D eigenvalue weighted by atomic mass is 10.0. The van der Waals surface area contributed by atoms with Crippen molar-refractivity contribution in [1.82, 2.24) is 10.3 Å². The van der Waals surface area contributed by atoms with Crippen molar-refractivity contribution >= 4 is 11.3 Å². The van der Waals surface area contributed by atoms with E-state index >= 15 is 0 Å². The predicted octanol–water partition coefficient (Wildman–Crippen LogP) is 3.10. The van der Waals surface area contributed by atoms with Gasteiger partial charge < -0.3 is 5.32 Å². The number of nitrogens with zero attached hydrogens (tertiary/aromatic N) is 1. The number of benzene rings is 1. The lowest BCUT2D eigenvalue weighted by Gasteiger charge is -2.04. The molecule has 0 saturated carbocycles. The van der Waals surface area contributed by atoms with E-state index in [9.17, 15) is 4.39 Å². The highest BCUT2D eigenvalue weighted by Crippen LogP contribution is 2.25. The van der Waals surface area contributed by atoms with Crippen molar-refractivity contribution in [3.05, 3.63) is 41.2 Å². The molecule has 0 aliphatic carbocycles. The van der Waals surface area contributed by atoms with Gasteiger partial charge >= 0.3 is 0 Å². The van der Waals surface area contributed by atoms with E-state index in [2.05, 4.69) is 15.7 Å². The van der Waals surface area contributed by atoms with E-state index in [1.54, 1.807) is 23.5 Å². The highest BCUT2D eigenvalue weighted by atomic mass is 32.1. The Kier molecular flexibility index (Phi) is 3.39. The van der Waals surface area contributed by atoms with Gasteiger partial charge in [-0.1, -0.05) is 0 Å². The molecule has 0 radical (unpaired) electrons. The summed E-state index contributed by atoms with van der Waals surface area (Å²) in [5, 5.41) is 6.48. The summed E-state index contributed by atoms with van der Waals surface area (Å²) < 4.78 is 12.9. The number of rotatable bonds is 3. The molecular weight excluding hydrogens is 247 g/mol. The fourth-order valence-electron chi connectivity index (χ4n) is 2.31. The Morgan fingerprint density at radius 1 is 1.33 bits per heavy atom. The Bertz CT molecular complexity index is 515. The van der Waals surface area contributed by atoms with Crippen LogP contribution in [-0.2, 0) is 6.42 Å². The summed E-state index contributed by atoms with van der Waals surface area (Å²) in [4.78, 5) is 4.64. The van der Waals surface area contributed by atoms with Crippen LogP contribution < -0.4 is 5.32 Å². The van der Waals surface area contributed by atoms with E-state index in [1.165, 1.54) is 18.6 Å². The van der Waals surface area contributed by atoms with Crippen LogP contribution in [-0.4, -0.2) is 18.1 Å². The van der Waals surface area contributed by atoms with Crippen molar-refractivity contribution in [1.29, 1.82) is 0 Å². The van der Waals surface area contributed by atoms with Crippen molar-refractivity contribution in [2.75, 3.05) is 13.1 Å². The van der Waals surface area contributed by atoms with Crippen molar-refractivity contribution in [2.45, 2.75) is 12.8 Å². The molecule has 1 aromatic carbocycles. The summed E-state index contributed by atoms with van der Waals surface area (Å²) in [6.45, 7) is 2.23. The molecule has 1 N–H and O–H groups in total. The molecule has 4 heteroatoms. The molecule has 1 saturated heterocycles. The highest BCUT2D eigenvalue weighted by molar-refractivity contribution is 7.13. The minimum absolute atomic E-state index is 0.201. The number of hydrogen-bond donors (Lipinski definition) is 1. The zero-order chi connectivity index (χ0) is 12.4. The van der Waals surface area contributed by atoms with Gasteiger partial charge in [0.2, 0.25) is 0 Å². The molecule has 1 aromatic heterocycles. The fraction of sp³-hybridized carbons (Fsp3) is 0.357. The van der Waals surface area contributed by atoms with Crippen molar-refractivity contribution in [3.8, 4) is 10.6 Å². The second kappa shape index (κ2) is 5.16. The number of halogens is 1. The van der Waals surface area contributed by atoms with Gasteiger partial charge in [-0.15, -0.1) is 11.3 Å². The Morgan fingerprint density at radius 2 is 2.17 bits per heavy atom. The molecule has 0 amide bonds. The van der Waals surface area contributed by atoms with Crippen LogP contribution >= 0.6 is 11.3 Å². The lowest BCUT2D eigenvalue weighted by Crippen LogP contribution is -2.10. The largest absolute Gasteiger partial charge is 0.316 e. The zero-order valence-corrected chi connectivity index (χ0v) is 10.8. The molecule has 94 valence electrons. The Hall–Kier alpha value is -1.26. The topological polar surface area (TPSA) is 24.9 Å². The third kappa shape index (κ3) is 2.60. The molecule has 1 fully saturated rings. The molecule has 1 unspecified atom stereocenters. The van der Waals surface area contributed by atoms with Gasteiger partial charge in [-0.05, 0) is 56.1 Å². The lowest BCUT2D eigenvalue weighted by molar-refractivity contribution is 0.573. The van der Waals surface area contributed by atoms with E-state index < -0.39 is 0 Å². The first-order valence-corrected chi connectivity index (χ1v) is 7.10. The molecular formula is C14H15FN2S. The first-order valence-electron chi connectivity index (χ1n) is 6.22. The molecule has 1 atom stereocenters. The number of thiazole rings is 1. The summed E-state index contributed by atoms with van der Waals surface area (Å²) in [7, 11) is 0. The van der Waals surface area contributed by atoms with Crippen molar-refractivity contribution in [2.24, 2.45) is 5.92 Å². The molecule has 2 heterocycles. The maximum absolute atomic E-state index is 12.9. The number of nitrogens with one attached hydrogen (secondary N) is 1. The van der Waals surface area contributed by atoms with Crippen molar-refractivity contribution in [3.63, 3.8) is 0 Å². The van der Waals surface area contributed by atoms with Gasteiger partial charge in [0.05, 0.1) is 5.69 Å². The number of hydrogen-bond acceptors (Lipinski definition) is 3. The molecule has 3 rings (SSSR count). The van der Waals surface area contributed by atoms with Crippen LogP contribution in [0.15, 0.2) is 29.6 Å². The van der Waals surface area contributed by atoms with Gasteiger partial charge in [-0.3, -0.25) is 0 Å². The second-order valence-electron chi connectivity index (χ2n) is 4.71. The standard InChI is InChI=1S/C14H15FN2S/c15-12-3-1-11(2-4-12)14-17-13(9-18-14)7-10-5-6-16-8-10/h1-4,9-10,16H,5-8H2. The SMILES string of the molecule is Fc1ccc(-c2nc(CC3CCNC3)cs2)cc1. The highest BCUT2D eigenvalue weighted by Gasteiger charge is 2.16. The normalized spacial score (nSPS) is 19.3. The van der Waals surface area contributed by atoms with Crippen molar-refractivity contribution < 1.29 is 4.39 Å². The molecule has 0 spiro atoms. The van der Waals surface area contributed by atoms with Crippen LogP contribution in [0.2, 0.25) is 0 Å². The minimum Gasteiger partial charge on any atom is -0.316 e. The number of aromatic nitrogens is 1. The average Bonchev–Trinajstić information content (AvgIpc) is 3.02. The smallest absolute Gasteiger partial charge is 0.123 e. The Labute approximate surface area is 110 Å². The molecule has 2 aromatic rings. The van der Waals surface area contributed by atoms with E-state index in [1.807, 2.05) is 0 Å². The van der Waals surface area contributed by atoms with E-state index in [0.29, 0.717) is 5.92 Å². The first-order chi connectivity index (χ1) is 8.81. The molecule has 1 aliphatic heterocycles.